The fraction of sp³-hybridized carbons (Fsp3) is 0.357. The molecule has 0 spiro atoms. The molecule has 0 radical (unpaired) electrons. The van der Waals surface area contributed by atoms with Crippen LogP contribution >= 0.6 is 0 Å². The van der Waals surface area contributed by atoms with E-state index in [1.807, 2.05) is 0 Å². The molecule has 1 aliphatic heterocycles. The summed E-state index contributed by atoms with van der Waals surface area (Å²) in [6.07, 6.45) is 2.75. The number of H-pyrrole nitrogens is 1. The molecule has 1 amide bonds. The van der Waals surface area contributed by atoms with E-state index in [9.17, 15) is 13.6 Å². The highest BCUT2D eigenvalue weighted by Crippen LogP contribution is 2.22. The number of amides is 1. The van der Waals surface area contributed by atoms with Crippen molar-refractivity contribution < 1.29 is 13.6 Å². The number of hydrogen-bond donors (Lipinski definition) is 1. The van der Waals surface area contributed by atoms with Crippen molar-refractivity contribution in [2.75, 3.05) is 13.1 Å². The lowest BCUT2D eigenvalue weighted by molar-refractivity contribution is 0.0781. The lowest BCUT2D eigenvalue weighted by Crippen LogP contribution is -2.29. The second-order valence-electron chi connectivity index (χ2n) is 5.24. The molecule has 2 aromatic rings. The van der Waals surface area contributed by atoms with Crippen LogP contribution in [0.5, 0.6) is 0 Å². The number of benzene rings is 1. The van der Waals surface area contributed by atoms with Gasteiger partial charge in [-0.15, -0.1) is 0 Å². The van der Waals surface area contributed by atoms with Crippen molar-refractivity contribution in [2.45, 2.75) is 12.8 Å². The van der Waals surface area contributed by atoms with E-state index in [4.69, 9.17) is 0 Å². The predicted molar refractivity (Wildman–Crippen MR) is 70.5 cm³/mol. The summed E-state index contributed by atoms with van der Waals surface area (Å²) in [4.78, 5) is 13.8. The summed E-state index contributed by atoms with van der Waals surface area (Å²) in [7, 11) is 0. The van der Waals surface area contributed by atoms with Crippen LogP contribution in [0.1, 0.15) is 22.5 Å². The summed E-state index contributed by atoms with van der Waals surface area (Å²) in [5.41, 5.74) is 0.903. The van der Waals surface area contributed by atoms with Gasteiger partial charge in [0.2, 0.25) is 0 Å². The van der Waals surface area contributed by atoms with Crippen LogP contribution in [0, 0.1) is 17.6 Å². The van der Waals surface area contributed by atoms with Crippen molar-refractivity contribution in [2.24, 2.45) is 5.92 Å². The summed E-state index contributed by atoms with van der Waals surface area (Å²) >= 11 is 0. The van der Waals surface area contributed by atoms with E-state index >= 15 is 0 Å². The fourth-order valence-electron chi connectivity index (χ4n) is 2.71. The van der Waals surface area contributed by atoms with E-state index in [2.05, 4.69) is 15.4 Å². The molecule has 1 fully saturated rings. The van der Waals surface area contributed by atoms with Crippen LogP contribution in [0.2, 0.25) is 0 Å². The minimum atomic E-state index is -0.571. The molecule has 1 unspecified atom stereocenters. The SMILES string of the molecule is O=C(c1cn[nH]n1)N1CCC(Cc2cc(F)cc(F)c2)C1. The van der Waals surface area contributed by atoms with Crippen LogP contribution in [-0.4, -0.2) is 39.3 Å². The van der Waals surface area contributed by atoms with Gasteiger partial charge in [0.15, 0.2) is 5.69 Å². The van der Waals surface area contributed by atoms with Crippen LogP contribution in [0.4, 0.5) is 8.78 Å². The normalized spacial score (nSPS) is 18.2. The maximum absolute atomic E-state index is 13.2. The van der Waals surface area contributed by atoms with Crippen molar-refractivity contribution >= 4 is 5.91 Å². The van der Waals surface area contributed by atoms with Crippen LogP contribution < -0.4 is 0 Å². The topological polar surface area (TPSA) is 61.9 Å². The summed E-state index contributed by atoms with van der Waals surface area (Å²) in [5, 5.41) is 9.79. The third-order valence-electron chi connectivity index (χ3n) is 3.65. The predicted octanol–water partition coefficient (Wildman–Crippen LogP) is 1.79. The number of nitrogens with zero attached hydrogens (tertiary/aromatic N) is 3. The number of likely N-dealkylation sites (tertiary alicyclic amines) is 1. The Morgan fingerprint density at radius 3 is 2.76 bits per heavy atom. The molecular formula is C14H14F2N4O. The van der Waals surface area contributed by atoms with E-state index in [0.29, 0.717) is 25.1 Å². The lowest BCUT2D eigenvalue weighted by atomic mass is 9.98. The Balaban J connectivity index is 1.63. The van der Waals surface area contributed by atoms with Gasteiger partial charge in [-0.2, -0.15) is 15.4 Å². The van der Waals surface area contributed by atoms with Gasteiger partial charge in [0, 0.05) is 19.2 Å². The van der Waals surface area contributed by atoms with Crippen molar-refractivity contribution in [1.82, 2.24) is 20.3 Å². The second kappa shape index (κ2) is 5.59. The quantitative estimate of drug-likeness (QED) is 0.938. The first-order chi connectivity index (χ1) is 10.1. The van der Waals surface area contributed by atoms with E-state index < -0.39 is 11.6 Å². The average molecular weight is 292 g/mol. The minimum Gasteiger partial charge on any atom is -0.337 e. The molecule has 1 aromatic carbocycles. The Morgan fingerprint density at radius 2 is 2.10 bits per heavy atom. The molecule has 0 aliphatic carbocycles. The van der Waals surface area contributed by atoms with E-state index in [0.717, 1.165) is 12.5 Å². The molecule has 2 heterocycles. The maximum atomic E-state index is 13.2. The molecule has 21 heavy (non-hydrogen) atoms. The van der Waals surface area contributed by atoms with Gasteiger partial charge >= 0.3 is 0 Å². The summed E-state index contributed by atoms with van der Waals surface area (Å²) in [6.45, 7) is 1.18. The number of carbonyl (C=O) groups excluding carboxylic acids is 1. The molecule has 1 aromatic heterocycles. The molecule has 5 nitrogen and oxygen atoms in total. The zero-order valence-corrected chi connectivity index (χ0v) is 11.2. The Bertz CT molecular complexity index is 624. The molecule has 0 bridgehead atoms. The molecule has 1 atom stereocenters. The fourth-order valence-corrected chi connectivity index (χ4v) is 2.71. The first-order valence-electron chi connectivity index (χ1n) is 6.72. The smallest absolute Gasteiger partial charge is 0.276 e. The third-order valence-corrected chi connectivity index (χ3v) is 3.65. The molecule has 7 heteroatoms. The van der Waals surface area contributed by atoms with Crippen LogP contribution in [0.25, 0.3) is 0 Å². The Hall–Kier alpha value is -2.31. The molecule has 1 N–H and O–H groups in total. The van der Waals surface area contributed by atoms with Crippen molar-refractivity contribution in [1.29, 1.82) is 0 Å². The number of nitrogens with one attached hydrogen (secondary N) is 1. The highest BCUT2D eigenvalue weighted by molar-refractivity contribution is 5.92. The number of aromatic nitrogens is 3. The molecule has 0 saturated carbocycles. The number of halogens is 2. The van der Waals surface area contributed by atoms with Gasteiger partial charge in [0.1, 0.15) is 11.6 Å². The van der Waals surface area contributed by atoms with Crippen molar-refractivity contribution in [3.8, 4) is 0 Å². The third kappa shape index (κ3) is 3.07. The minimum absolute atomic E-state index is 0.170. The van der Waals surface area contributed by atoms with Crippen LogP contribution in [0.15, 0.2) is 24.4 Å². The van der Waals surface area contributed by atoms with Gasteiger partial charge in [-0.05, 0) is 36.5 Å². The van der Waals surface area contributed by atoms with Gasteiger partial charge in [-0.1, -0.05) is 0 Å². The summed E-state index contributed by atoms with van der Waals surface area (Å²) in [6, 6.07) is 3.54. The van der Waals surface area contributed by atoms with E-state index in [-0.39, 0.29) is 17.5 Å². The average Bonchev–Trinajstić information content (AvgIpc) is 3.07. The molecule has 1 aliphatic rings. The molecular weight excluding hydrogens is 278 g/mol. The van der Waals surface area contributed by atoms with Crippen LogP contribution in [0.3, 0.4) is 0 Å². The lowest BCUT2D eigenvalue weighted by Gasteiger charge is -2.15. The Morgan fingerprint density at radius 1 is 1.33 bits per heavy atom. The molecule has 3 rings (SSSR count). The highest BCUT2D eigenvalue weighted by Gasteiger charge is 2.28. The van der Waals surface area contributed by atoms with E-state index in [1.54, 1.807) is 4.90 Å². The number of aromatic amines is 1. The van der Waals surface area contributed by atoms with Crippen molar-refractivity contribution in [3.05, 3.63) is 47.3 Å². The maximum Gasteiger partial charge on any atom is 0.276 e. The largest absolute Gasteiger partial charge is 0.337 e. The molecule has 1 saturated heterocycles. The summed E-state index contributed by atoms with van der Waals surface area (Å²) < 4.78 is 26.3. The van der Waals surface area contributed by atoms with Gasteiger partial charge in [0.25, 0.3) is 5.91 Å². The van der Waals surface area contributed by atoms with Gasteiger partial charge in [-0.3, -0.25) is 4.79 Å². The van der Waals surface area contributed by atoms with Crippen LogP contribution in [-0.2, 0) is 6.42 Å². The van der Waals surface area contributed by atoms with Gasteiger partial charge < -0.3 is 4.90 Å². The standard InChI is InChI=1S/C14H14F2N4O/c15-11-4-10(5-12(16)6-11)3-9-1-2-20(8-9)14(21)13-7-17-19-18-13/h4-7,9H,1-3,8H2,(H,17,18,19). The number of carbonyl (C=O) groups is 1. The number of hydrogen-bond acceptors (Lipinski definition) is 3. The second-order valence-corrected chi connectivity index (χ2v) is 5.24. The van der Waals surface area contributed by atoms with Gasteiger partial charge in [-0.25, -0.2) is 8.78 Å². The summed E-state index contributed by atoms with van der Waals surface area (Å²) in [5.74, 6) is -1.12. The zero-order valence-electron chi connectivity index (χ0n) is 11.2. The Kier molecular flexibility index (Phi) is 3.64. The monoisotopic (exact) mass is 292 g/mol. The Labute approximate surface area is 120 Å². The van der Waals surface area contributed by atoms with Gasteiger partial charge in [0.05, 0.1) is 6.20 Å². The van der Waals surface area contributed by atoms with E-state index in [1.165, 1.54) is 18.3 Å². The highest BCUT2D eigenvalue weighted by atomic mass is 19.1. The first-order valence-corrected chi connectivity index (χ1v) is 6.72. The zero-order chi connectivity index (χ0) is 14.8. The molecule has 110 valence electrons. The first kappa shape index (κ1) is 13.7. The van der Waals surface area contributed by atoms with Crippen molar-refractivity contribution in [3.63, 3.8) is 0 Å². The number of rotatable bonds is 3.